The van der Waals surface area contributed by atoms with Gasteiger partial charge in [0.15, 0.2) is 0 Å². The molecule has 2 rings (SSSR count). The fourth-order valence-corrected chi connectivity index (χ4v) is 4.28. The Kier molecular flexibility index (Phi) is 6.99. The van der Waals surface area contributed by atoms with Crippen LogP contribution in [-0.2, 0) is 6.54 Å². The van der Waals surface area contributed by atoms with Gasteiger partial charge in [0.05, 0.1) is 21.7 Å². The van der Waals surface area contributed by atoms with E-state index >= 15 is 0 Å². The Morgan fingerprint density at radius 2 is 1.81 bits per heavy atom. The molecule has 0 saturated heterocycles. The van der Waals surface area contributed by atoms with Crippen LogP contribution < -0.4 is 10.1 Å². The van der Waals surface area contributed by atoms with Gasteiger partial charge in [0, 0.05) is 6.54 Å². The van der Waals surface area contributed by atoms with Gasteiger partial charge in [-0.05, 0) is 94.6 Å². The van der Waals surface area contributed by atoms with E-state index in [9.17, 15) is 5.11 Å². The number of nitrogens with one attached hydrogen (secondary N) is 1. The minimum Gasteiger partial charge on any atom is -0.492 e. The Hall–Kier alpha value is -0.100. The third-order valence-corrected chi connectivity index (χ3v) is 5.10. The van der Waals surface area contributed by atoms with Crippen LogP contribution in [0.3, 0.4) is 0 Å². The average molecular weight is 421 g/mol. The number of benzene rings is 1. The lowest BCUT2D eigenvalue weighted by atomic mass is 9.87. The highest BCUT2D eigenvalue weighted by molar-refractivity contribution is 9.11. The summed E-state index contributed by atoms with van der Waals surface area (Å²) < 4.78 is 7.56. The molecule has 1 aromatic carbocycles. The predicted octanol–water partition coefficient (Wildman–Crippen LogP) is 4.25. The summed E-state index contributed by atoms with van der Waals surface area (Å²) in [5.74, 6) is 1.56. The minimum absolute atomic E-state index is 0.0701. The average Bonchev–Trinajstić information content (AvgIpc) is 2.45. The zero-order chi connectivity index (χ0) is 15.2. The normalized spacial score (nSPS) is 22.3. The van der Waals surface area contributed by atoms with Crippen LogP contribution in [-0.4, -0.2) is 24.4 Å². The second-order valence-electron chi connectivity index (χ2n) is 5.63. The zero-order valence-electron chi connectivity index (χ0n) is 12.4. The maximum absolute atomic E-state index is 9.52. The molecule has 1 aliphatic rings. The fraction of sp³-hybridized carbons (Fsp3) is 0.625. The van der Waals surface area contributed by atoms with E-state index in [1.54, 1.807) is 0 Å². The smallest absolute Gasteiger partial charge is 0.147 e. The van der Waals surface area contributed by atoms with Gasteiger partial charge in [-0.1, -0.05) is 0 Å². The van der Waals surface area contributed by atoms with Crippen molar-refractivity contribution in [2.45, 2.75) is 45.3 Å². The molecular weight excluding hydrogens is 398 g/mol. The zero-order valence-corrected chi connectivity index (χ0v) is 15.5. The van der Waals surface area contributed by atoms with E-state index < -0.39 is 0 Å². The number of aliphatic hydroxyl groups is 1. The minimum atomic E-state index is -0.0701. The molecule has 21 heavy (non-hydrogen) atoms. The van der Waals surface area contributed by atoms with Crippen LogP contribution in [0.5, 0.6) is 5.75 Å². The van der Waals surface area contributed by atoms with Gasteiger partial charge in [-0.2, -0.15) is 0 Å². The summed E-state index contributed by atoms with van der Waals surface area (Å²) in [4.78, 5) is 0. The van der Waals surface area contributed by atoms with Crippen molar-refractivity contribution in [3.8, 4) is 5.75 Å². The Labute approximate surface area is 143 Å². The van der Waals surface area contributed by atoms with Crippen LogP contribution in [0.2, 0.25) is 0 Å². The molecular formula is C16H23Br2NO2. The first-order valence-electron chi connectivity index (χ1n) is 7.59. The molecule has 0 spiro atoms. The second-order valence-corrected chi connectivity index (χ2v) is 7.34. The quantitative estimate of drug-likeness (QED) is 0.722. The SMILES string of the molecule is CCOc1c(Br)cc(CNCC2CCC(O)CC2)cc1Br. The molecule has 0 aromatic heterocycles. The molecule has 0 aliphatic heterocycles. The highest BCUT2D eigenvalue weighted by Crippen LogP contribution is 2.34. The monoisotopic (exact) mass is 419 g/mol. The summed E-state index contributed by atoms with van der Waals surface area (Å²) >= 11 is 7.13. The maximum atomic E-state index is 9.52. The van der Waals surface area contributed by atoms with Gasteiger partial charge in [0.25, 0.3) is 0 Å². The topological polar surface area (TPSA) is 41.5 Å². The van der Waals surface area contributed by atoms with E-state index in [1.165, 1.54) is 5.56 Å². The van der Waals surface area contributed by atoms with E-state index in [4.69, 9.17) is 4.74 Å². The van der Waals surface area contributed by atoms with Gasteiger partial charge in [-0.15, -0.1) is 0 Å². The van der Waals surface area contributed by atoms with Crippen LogP contribution in [0.25, 0.3) is 0 Å². The first-order valence-corrected chi connectivity index (χ1v) is 9.18. The largest absolute Gasteiger partial charge is 0.492 e. The molecule has 0 unspecified atom stereocenters. The number of hydrogen-bond acceptors (Lipinski definition) is 3. The highest BCUT2D eigenvalue weighted by Gasteiger charge is 2.18. The lowest BCUT2D eigenvalue weighted by Crippen LogP contribution is -2.27. The van der Waals surface area contributed by atoms with Crippen molar-refractivity contribution in [3.05, 3.63) is 26.6 Å². The maximum Gasteiger partial charge on any atom is 0.147 e. The van der Waals surface area contributed by atoms with Crippen molar-refractivity contribution in [2.24, 2.45) is 5.92 Å². The molecule has 1 aliphatic carbocycles. The van der Waals surface area contributed by atoms with E-state index in [0.29, 0.717) is 12.5 Å². The lowest BCUT2D eigenvalue weighted by Gasteiger charge is -2.25. The Morgan fingerprint density at radius 3 is 2.38 bits per heavy atom. The van der Waals surface area contributed by atoms with E-state index in [-0.39, 0.29) is 6.10 Å². The Bertz CT molecular complexity index is 437. The first kappa shape index (κ1) is 17.3. The number of rotatable bonds is 6. The molecule has 118 valence electrons. The molecule has 0 atom stereocenters. The van der Waals surface area contributed by atoms with Gasteiger partial charge in [0.2, 0.25) is 0 Å². The number of aliphatic hydroxyl groups excluding tert-OH is 1. The summed E-state index contributed by atoms with van der Waals surface area (Å²) in [5.41, 5.74) is 1.23. The van der Waals surface area contributed by atoms with Gasteiger partial charge >= 0.3 is 0 Å². The molecule has 0 heterocycles. The number of ether oxygens (including phenoxy) is 1. The molecule has 5 heteroatoms. The molecule has 0 bridgehead atoms. The van der Waals surface area contributed by atoms with Gasteiger partial charge in [-0.3, -0.25) is 0 Å². The van der Waals surface area contributed by atoms with Gasteiger partial charge < -0.3 is 15.2 Å². The molecule has 2 N–H and O–H groups in total. The standard InChI is InChI=1S/C16H23Br2NO2/c1-2-21-16-14(17)7-12(8-15(16)18)10-19-9-11-3-5-13(20)6-4-11/h7-8,11,13,19-20H,2-6,9-10H2,1H3. The van der Waals surface area contributed by atoms with Crippen molar-refractivity contribution < 1.29 is 9.84 Å². The molecule has 1 saturated carbocycles. The summed E-state index contributed by atoms with van der Waals surface area (Å²) in [6, 6.07) is 4.21. The molecule has 0 radical (unpaired) electrons. The van der Waals surface area contributed by atoms with Crippen LogP contribution in [0, 0.1) is 5.92 Å². The van der Waals surface area contributed by atoms with Crippen LogP contribution in [0.4, 0.5) is 0 Å². The predicted molar refractivity (Wildman–Crippen MR) is 92.7 cm³/mol. The summed E-state index contributed by atoms with van der Waals surface area (Å²) in [7, 11) is 0. The van der Waals surface area contributed by atoms with Gasteiger partial charge in [-0.25, -0.2) is 0 Å². The van der Waals surface area contributed by atoms with Crippen LogP contribution >= 0.6 is 31.9 Å². The van der Waals surface area contributed by atoms with Crippen molar-refractivity contribution in [1.29, 1.82) is 0 Å². The second kappa shape index (κ2) is 8.51. The lowest BCUT2D eigenvalue weighted by molar-refractivity contribution is 0.108. The van der Waals surface area contributed by atoms with Crippen molar-refractivity contribution >= 4 is 31.9 Å². The third kappa shape index (κ3) is 5.23. The van der Waals surface area contributed by atoms with Crippen LogP contribution in [0.1, 0.15) is 38.2 Å². The number of halogens is 2. The van der Waals surface area contributed by atoms with Crippen LogP contribution in [0.15, 0.2) is 21.1 Å². The Balaban J connectivity index is 1.83. The molecule has 1 fully saturated rings. The fourth-order valence-electron chi connectivity index (χ4n) is 2.77. The first-order chi connectivity index (χ1) is 10.1. The van der Waals surface area contributed by atoms with E-state index in [1.807, 2.05) is 6.92 Å². The Morgan fingerprint density at radius 1 is 1.19 bits per heavy atom. The van der Waals surface area contributed by atoms with Crippen molar-refractivity contribution in [2.75, 3.05) is 13.2 Å². The van der Waals surface area contributed by atoms with Crippen molar-refractivity contribution in [1.82, 2.24) is 5.32 Å². The number of hydrogen-bond donors (Lipinski definition) is 2. The van der Waals surface area contributed by atoms with E-state index in [0.717, 1.165) is 53.5 Å². The van der Waals surface area contributed by atoms with Gasteiger partial charge in [0.1, 0.15) is 5.75 Å². The molecule has 3 nitrogen and oxygen atoms in total. The van der Waals surface area contributed by atoms with Crippen molar-refractivity contribution in [3.63, 3.8) is 0 Å². The summed E-state index contributed by atoms with van der Waals surface area (Å²) in [5, 5.41) is 13.0. The highest BCUT2D eigenvalue weighted by atomic mass is 79.9. The molecule has 0 amide bonds. The summed E-state index contributed by atoms with van der Waals surface area (Å²) in [6.45, 7) is 4.51. The summed E-state index contributed by atoms with van der Waals surface area (Å²) in [6.07, 6.45) is 4.09. The van der Waals surface area contributed by atoms with E-state index in [2.05, 4.69) is 49.3 Å². The molecule has 1 aromatic rings. The third-order valence-electron chi connectivity index (χ3n) is 3.93.